The van der Waals surface area contributed by atoms with Crippen LogP contribution in [0, 0.1) is 13.8 Å². The summed E-state index contributed by atoms with van der Waals surface area (Å²) < 4.78 is 14.4. The highest BCUT2D eigenvalue weighted by atomic mass is 32.1. The Labute approximate surface area is 195 Å². The van der Waals surface area contributed by atoms with Gasteiger partial charge in [-0.2, -0.15) is 9.78 Å². The topological polar surface area (TPSA) is 78.3 Å². The molecule has 1 aliphatic heterocycles. The van der Waals surface area contributed by atoms with Crippen molar-refractivity contribution in [1.29, 1.82) is 0 Å². The molecule has 3 heterocycles. The minimum absolute atomic E-state index is 0.0805. The van der Waals surface area contributed by atoms with E-state index in [4.69, 9.17) is 19.6 Å². The van der Waals surface area contributed by atoms with Crippen molar-refractivity contribution in [2.24, 2.45) is 0 Å². The molecule has 0 bridgehead atoms. The van der Waals surface area contributed by atoms with Gasteiger partial charge < -0.3 is 14.8 Å². The molecule has 1 aliphatic rings. The van der Waals surface area contributed by atoms with Crippen LogP contribution in [0.3, 0.4) is 0 Å². The highest BCUT2D eigenvalue weighted by Gasteiger charge is 2.35. The van der Waals surface area contributed by atoms with E-state index in [1.807, 2.05) is 37.3 Å². The third-order valence-corrected chi connectivity index (χ3v) is 6.76. The van der Waals surface area contributed by atoms with Crippen LogP contribution in [0.15, 0.2) is 49.1 Å². The molecular formula is C25H24N4O3S. The molecular weight excluding hydrogens is 436 g/mol. The number of carbonyl (C=O) groups excluding carboxylic acids is 1. The Morgan fingerprint density at radius 3 is 2.94 bits per heavy atom. The van der Waals surface area contributed by atoms with Crippen LogP contribution in [0.25, 0.3) is 15.3 Å². The number of para-hydroxylation sites is 1. The average molecular weight is 461 g/mol. The third kappa shape index (κ3) is 3.66. The van der Waals surface area contributed by atoms with E-state index >= 15 is 0 Å². The van der Waals surface area contributed by atoms with Crippen molar-refractivity contribution in [3.05, 3.63) is 71.4 Å². The standard InChI is InChI=1S/C25H24N4O3S/c1-5-11-32-23-16(7-6-8-19(23)31-4)17-13-21(30)27-24-22(17)15(3)28-29(24)25-26-18-10-9-14(2)12-20(18)33-25/h5-10,12,17H,1,11,13H2,2-4H3,(H,27,30). The number of hydrogen-bond acceptors (Lipinski definition) is 6. The Morgan fingerprint density at radius 2 is 2.15 bits per heavy atom. The van der Waals surface area contributed by atoms with Crippen LogP contribution in [-0.2, 0) is 4.79 Å². The van der Waals surface area contributed by atoms with Crippen LogP contribution >= 0.6 is 11.3 Å². The van der Waals surface area contributed by atoms with Crippen molar-refractivity contribution in [2.45, 2.75) is 26.2 Å². The van der Waals surface area contributed by atoms with Crippen LogP contribution in [0.4, 0.5) is 5.82 Å². The van der Waals surface area contributed by atoms with Gasteiger partial charge in [-0.3, -0.25) is 4.79 Å². The summed E-state index contributed by atoms with van der Waals surface area (Å²) in [5.74, 6) is 1.58. The Kier molecular flexibility index (Phi) is 5.38. The second-order valence-electron chi connectivity index (χ2n) is 8.01. The van der Waals surface area contributed by atoms with Gasteiger partial charge in [-0.1, -0.05) is 42.2 Å². The predicted molar refractivity (Wildman–Crippen MR) is 130 cm³/mol. The maximum absolute atomic E-state index is 12.8. The smallest absolute Gasteiger partial charge is 0.226 e. The summed E-state index contributed by atoms with van der Waals surface area (Å²) in [6, 6.07) is 11.9. The van der Waals surface area contributed by atoms with Gasteiger partial charge in [-0.25, -0.2) is 4.98 Å². The van der Waals surface area contributed by atoms with Gasteiger partial charge in [0.15, 0.2) is 11.5 Å². The van der Waals surface area contributed by atoms with E-state index in [0.717, 1.165) is 32.2 Å². The zero-order chi connectivity index (χ0) is 23.1. The van der Waals surface area contributed by atoms with Crippen molar-refractivity contribution >= 4 is 33.3 Å². The van der Waals surface area contributed by atoms with Gasteiger partial charge >= 0.3 is 0 Å². The molecule has 0 fully saturated rings. The number of ether oxygens (including phenoxy) is 2. The molecule has 0 spiro atoms. The Morgan fingerprint density at radius 1 is 1.30 bits per heavy atom. The number of thiazole rings is 1. The van der Waals surface area contributed by atoms with Gasteiger partial charge in [0.2, 0.25) is 11.0 Å². The Hall–Kier alpha value is -3.65. The summed E-state index contributed by atoms with van der Waals surface area (Å²) in [7, 11) is 1.61. The number of amides is 1. The molecule has 8 heteroatoms. The number of nitrogens with one attached hydrogen (secondary N) is 1. The lowest BCUT2D eigenvalue weighted by Gasteiger charge is -2.26. The summed E-state index contributed by atoms with van der Waals surface area (Å²) in [4.78, 5) is 17.6. The average Bonchev–Trinajstić information content (AvgIpc) is 3.37. The molecule has 1 unspecified atom stereocenters. The minimum Gasteiger partial charge on any atom is -0.493 e. The van der Waals surface area contributed by atoms with Crippen LogP contribution in [0.5, 0.6) is 11.5 Å². The molecule has 0 saturated heterocycles. The number of aromatic nitrogens is 3. The number of nitrogens with zero attached hydrogens (tertiary/aromatic N) is 3. The second-order valence-corrected chi connectivity index (χ2v) is 9.02. The number of carbonyl (C=O) groups is 1. The van der Waals surface area contributed by atoms with Crippen molar-refractivity contribution in [1.82, 2.24) is 14.8 Å². The van der Waals surface area contributed by atoms with Crippen LogP contribution < -0.4 is 14.8 Å². The first-order chi connectivity index (χ1) is 16.0. The van der Waals surface area contributed by atoms with Crippen molar-refractivity contribution in [3.8, 4) is 16.6 Å². The molecule has 0 aliphatic carbocycles. The molecule has 1 N–H and O–H groups in total. The summed E-state index contributed by atoms with van der Waals surface area (Å²) >= 11 is 1.55. The first kappa shape index (κ1) is 21.2. The van der Waals surface area contributed by atoms with Crippen LogP contribution in [0.1, 0.15) is 34.7 Å². The highest BCUT2D eigenvalue weighted by molar-refractivity contribution is 7.20. The van der Waals surface area contributed by atoms with E-state index in [0.29, 0.717) is 23.9 Å². The van der Waals surface area contributed by atoms with Crippen molar-refractivity contribution in [3.63, 3.8) is 0 Å². The number of methoxy groups -OCH3 is 1. The van der Waals surface area contributed by atoms with E-state index in [9.17, 15) is 4.79 Å². The Bertz CT molecular complexity index is 1390. The van der Waals surface area contributed by atoms with Crippen LogP contribution in [-0.4, -0.2) is 34.4 Å². The first-order valence-corrected chi connectivity index (χ1v) is 11.5. The predicted octanol–water partition coefficient (Wildman–Crippen LogP) is 5.15. The fourth-order valence-electron chi connectivity index (χ4n) is 4.33. The SMILES string of the molecule is C=CCOc1c(OC)cccc1C1CC(=O)Nc2c1c(C)nn2-c1nc2ccc(C)cc2s1. The van der Waals surface area contributed by atoms with Gasteiger partial charge in [0, 0.05) is 23.5 Å². The van der Waals surface area contributed by atoms with Crippen molar-refractivity contribution in [2.75, 3.05) is 19.0 Å². The highest BCUT2D eigenvalue weighted by Crippen LogP contribution is 2.46. The second kappa shape index (κ2) is 8.37. The lowest BCUT2D eigenvalue weighted by molar-refractivity contribution is -0.116. The van der Waals surface area contributed by atoms with E-state index in [1.54, 1.807) is 29.2 Å². The number of anilines is 1. The lowest BCUT2D eigenvalue weighted by atomic mass is 9.85. The monoisotopic (exact) mass is 460 g/mol. The molecule has 33 heavy (non-hydrogen) atoms. The van der Waals surface area contributed by atoms with E-state index < -0.39 is 0 Å². The largest absolute Gasteiger partial charge is 0.493 e. The maximum Gasteiger partial charge on any atom is 0.226 e. The fourth-order valence-corrected chi connectivity index (χ4v) is 5.35. The number of hydrogen-bond donors (Lipinski definition) is 1. The molecule has 5 rings (SSSR count). The molecule has 7 nitrogen and oxygen atoms in total. The molecule has 2 aromatic carbocycles. The number of fused-ring (bicyclic) bond motifs is 2. The third-order valence-electron chi connectivity index (χ3n) is 5.77. The number of benzene rings is 2. The quantitative estimate of drug-likeness (QED) is 0.403. The molecule has 4 aromatic rings. The molecule has 1 atom stereocenters. The van der Waals surface area contributed by atoms with Gasteiger partial charge in [0.25, 0.3) is 0 Å². The lowest BCUT2D eigenvalue weighted by Crippen LogP contribution is -2.25. The van der Waals surface area contributed by atoms with E-state index in [-0.39, 0.29) is 18.2 Å². The van der Waals surface area contributed by atoms with Crippen LogP contribution in [0.2, 0.25) is 0 Å². The normalized spacial score (nSPS) is 15.2. The fraction of sp³-hybridized carbons (Fsp3) is 0.240. The molecule has 168 valence electrons. The maximum atomic E-state index is 12.8. The van der Waals surface area contributed by atoms with Gasteiger partial charge in [0.05, 0.1) is 23.0 Å². The van der Waals surface area contributed by atoms with Gasteiger partial charge in [-0.05, 0) is 37.6 Å². The van der Waals surface area contributed by atoms with Crippen molar-refractivity contribution < 1.29 is 14.3 Å². The van der Waals surface area contributed by atoms with E-state index in [2.05, 4.69) is 24.9 Å². The zero-order valence-electron chi connectivity index (χ0n) is 18.7. The first-order valence-electron chi connectivity index (χ1n) is 10.7. The van der Waals surface area contributed by atoms with Gasteiger partial charge in [0.1, 0.15) is 12.4 Å². The summed E-state index contributed by atoms with van der Waals surface area (Å²) in [6.45, 7) is 8.10. The summed E-state index contributed by atoms with van der Waals surface area (Å²) in [5, 5.41) is 8.54. The van der Waals surface area contributed by atoms with E-state index in [1.165, 1.54) is 5.56 Å². The minimum atomic E-state index is -0.228. The number of rotatable bonds is 6. The molecule has 2 aromatic heterocycles. The Balaban J connectivity index is 1.66. The number of aryl methyl sites for hydroxylation is 2. The summed E-state index contributed by atoms with van der Waals surface area (Å²) in [6.07, 6.45) is 1.98. The molecule has 0 saturated carbocycles. The molecule has 1 amide bonds. The zero-order valence-corrected chi connectivity index (χ0v) is 19.5. The van der Waals surface area contributed by atoms with Gasteiger partial charge in [-0.15, -0.1) is 0 Å². The molecule has 0 radical (unpaired) electrons. The summed E-state index contributed by atoms with van der Waals surface area (Å²) in [5.41, 5.74) is 4.77.